The molecule has 0 saturated carbocycles. The van der Waals surface area contributed by atoms with Crippen molar-refractivity contribution in [1.82, 2.24) is 0 Å². The summed E-state index contributed by atoms with van der Waals surface area (Å²) in [5.41, 5.74) is 0.653. The summed E-state index contributed by atoms with van der Waals surface area (Å²) in [6.07, 6.45) is 0.822. The van der Waals surface area contributed by atoms with Crippen LogP contribution < -0.4 is 0 Å². The van der Waals surface area contributed by atoms with Gasteiger partial charge in [0.25, 0.3) is 0 Å². The Labute approximate surface area is 125 Å². The van der Waals surface area contributed by atoms with Crippen LogP contribution >= 0.6 is 11.8 Å². The van der Waals surface area contributed by atoms with Crippen LogP contribution in [0.4, 0.5) is 0 Å². The Morgan fingerprint density at radius 1 is 1.25 bits per heavy atom. The molecule has 3 rings (SSSR count). The van der Waals surface area contributed by atoms with Crippen LogP contribution in [0.3, 0.4) is 0 Å². The molecule has 2 unspecified atom stereocenters. The van der Waals surface area contributed by atoms with E-state index >= 15 is 0 Å². The molecule has 20 heavy (non-hydrogen) atoms. The molecule has 2 aliphatic rings. The van der Waals surface area contributed by atoms with Crippen molar-refractivity contribution in [2.75, 3.05) is 5.75 Å². The highest BCUT2D eigenvalue weighted by Crippen LogP contribution is 2.47. The highest BCUT2D eigenvalue weighted by Gasteiger charge is 2.51. The average molecular weight is 290 g/mol. The average Bonchev–Trinajstić information content (AvgIpc) is 2.86. The molecule has 3 heteroatoms. The number of ether oxygens (including phenoxy) is 1. The van der Waals surface area contributed by atoms with Crippen molar-refractivity contribution in [2.45, 2.75) is 56.1 Å². The van der Waals surface area contributed by atoms with Crippen LogP contribution in [0.5, 0.6) is 0 Å². The maximum Gasteiger partial charge on any atom is 0.147 e. The van der Waals surface area contributed by atoms with Gasteiger partial charge in [-0.1, -0.05) is 18.2 Å². The predicted octanol–water partition coefficient (Wildman–Crippen LogP) is 4.04. The maximum atomic E-state index is 13.0. The number of rotatable bonds is 2. The Balaban J connectivity index is 1.88. The Morgan fingerprint density at radius 2 is 1.95 bits per heavy atom. The molecule has 108 valence electrons. The minimum Gasteiger partial charge on any atom is -0.369 e. The molecule has 0 spiro atoms. The molecule has 1 aromatic carbocycles. The Kier molecular flexibility index (Phi) is 3.26. The van der Waals surface area contributed by atoms with E-state index in [1.807, 2.05) is 12.1 Å². The highest BCUT2D eigenvalue weighted by atomic mass is 32.2. The molecule has 0 radical (unpaired) electrons. The summed E-state index contributed by atoms with van der Waals surface area (Å²) in [7, 11) is 0. The second kappa shape index (κ2) is 4.60. The fourth-order valence-corrected chi connectivity index (χ4v) is 4.89. The van der Waals surface area contributed by atoms with Crippen LogP contribution in [0, 0.1) is 5.92 Å². The smallest absolute Gasteiger partial charge is 0.147 e. The van der Waals surface area contributed by atoms with E-state index in [0.29, 0.717) is 5.78 Å². The van der Waals surface area contributed by atoms with Crippen LogP contribution in [0.1, 0.15) is 45.6 Å². The summed E-state index contributed by atoms with van der Waals surface area (Å²) < 4.78 is 6.09. The van der Waals surface area contributed by atoms with Gasteiger partial charge in [0.1, 0.15) is 5.78 Å². The molecule has 2 atom stereocenters. The first-order valence-corrected chi connectivity index (χ1v) is 8.24. The zero-order valence-corrected chi connectivity index (χ0v) is 13.4. The number of hydrogen-bond acceptors (Lipinski definition) is 3. The van der Waals surface area contributed by atoms with Crippen molar-refractivity contribution in [1.29, 1.82) is 0 Å². The summed E-state index contributed by atoms with van der Waals surface area (Å²) in [4.78, 5) is 14.3. The third kappa shape index (κ3) is 2.31. The lowest BCUT2D eigenvalue weighted by Crippen LogP contribution is -2.36. The van der Waals surface area contributed by atoms with E-state index in [2.05, 4.69) is 39.8 Å². The molecule has 1 fully saturated rings. The minimum atomic E-state index is -0.358. The van der Waals surface area contributed by atoms with Crippen molar-refractivity contribution < 1.29 is 9.53 Å². The van der Waals surface area contributed by atoms with E-state index in [9.17, 15) is 4.79 Å². The summed E-state index contributed by atoms with van der Waals surface area (Å²) in [6.45, 7) is 8.27. The zero-order valence-electron chi connectivity index (χ0n) is 12.6. The van der Waals surface area contributed by atoms with Gasteiger partial charge in [0.15, 0.2) is 0 Å². The van der Waals surface area contributed by atoms with E-state index in [0.717, 1.165) is 12.2 Å². The lowest BCUT2D eigenvalue weighted by Gasteiger charge is -2.28. The lowest BCUT2D eigenvalue weighted by molar-refractivity contribution is -0.130. The summed E-state index contributed by atoms with van der Waals surface area (Å²) in [6, 6.07) is 8.30. The Morgan fingerprint density at radius 3 is 2.60 bits per heavy atom. The van der Waals surface area contributed by atoms with Gasteiger partial charge in [-0.3, -0.25) is 4.79 Å². The molecular weight excluding hydrogens is 268 g/mol. The normalized spacial score (nSPS) is 30.2. The third-order valence-electron chi connectivity index (χ3n) is 4.46. The molecule has 2 aliphatic heterocycles. The van der Waals surface area contributed by atoms with E-state index in [1.165, 1.54) is 10.5 Å². The molecule has 1 aromatic rings. The van der Waals surface area contributed by atoms with Gasteiger partial charge in [-0.2, -0.15) is 0 Å². The van der Waals surface area contributed by atoms with Crippen molar-refractivity contribution in [3.8, 4) is 0 Å². The summed E-state index contributed by atoms with van der Waals surface area (Å²) in [5.74, 6) is 1.27. The molecule has 0 amide bonds. The van der Waals surface area contributed by atoms with Gasteiger partial charge < -0.3 is 4.74 Å². The first kappa shape index (κ1) is 14.2. The van der Waals surface area contributed by atoms with E-state index in [4.69, 9.17) is 4.74 Å². The van der Waals surface area contributed by atoms with Crippen LogP contribution in [-0.2, 0) is 9.53 Å². The van der Waals surface area contributed by atoms with Gasteiger partial charge in [0.2, 0.25) is 0 Å². The van der Waals surface area contributed by atoms with Gasteiger partial charge in [0, 0.05) is 16.6 Å². The summed E-state index contributed by atoms with van der Waals surface area (Å²) >= 11 is 1.80. The van der Waals surface area contributed by atoms with Crippen molar-refractivity contribution in [3.05, 3.63) is 29.8 Å². The molecule has 1 saturated heterocycles. The molecule has 2 nitrogen and oxygen atoms in total. The number of ketones is 1. The van der Waals surface area contributed by atoms with E-state index in [-0.39, 0.29) is 23.0 Å². The molecule has 0 aromatic heterocycles. The number of benzene rings is 1. The fourth-order valence-electron chi connectivity index (χ4n) is 3.65. The van der Waals surface area contributed by atoms with Gasteiger partial charge in [0.05, 0.1) is 17.1 Å². The van der Waals surface area contributed by atoms with Crippen LogP contribution in [-0.4, -0.2) is 22.7 Å². The minimum absolute atomic E-state index is 0.00532. The van der Waals surface area contributed by atoms with E-state index in [1.54, 1.807) is 11.8 Å². The lowest BCUT2D eigenvalue weighted by atomic mass is 9.78. The first-order valence-electron chi connectivity index (χ1n) is 7.26. The molecular formula is C17H22O2S. The molecule has 0 bridgehead atoms. The van der Waals surface area contributed by atoms with Crippen molar-refractivity contribution >= 4 is 17.5 Å². The highest BCUT2D eigenvalue weighted by molar-refractivity contribution is 7.99. The van der Waals surface area contributed by atoms with Gasteiger partial charge in [-0.15, -0.1) is 11.8 Å². The van der Waals surface area contributed by atoms with Gasteiger partial charge in [-0.05, 0) is 45.7 Å². The molecule has 2 heterocycles. The topological polar surface area (TPSA) is 26.3 Å². The van der Waals surface area contributed by atoms with E-state index < -0.39 is 0 Å². The first-order chi connectivity index (χ1) is 9.30. The number of thioether (sulfide) groups is 1. The third-order valence-corrected chi connectivity index (χ3v) is 5.64. The quantitative estimate of drug-likeness (QED) is 0.822. The largest absolute Gasteiger partial charge is 0.369 e. The predicted molar refractivity (Wildman–Crippen MR) is 82.3 cm³/mol. The molecule has 0 aliphatic carbocycles. The van der Waals surface area contributed by atoms with Crippen LogP contribution in [0.2, 0.25) is 0 Å². The monoisotopic (exact) mass is 290 g/mol. The summed E-state index contributed by atoms with van der Waals surface area (Å²) in [5, 5.41) is 0. The maximum absolute atomic E-state index is 13.0. The fraction of sp³-hybridized carbons (Fsp3) is 0.588. The Hall–Kier alpha value is -0.800. The number of hydrogen-bond donors (Lipinski definition) is 0. The van der Waals surface area contributed by atoms with Crippen LogP contribution in [0.15, 0.2) is 29.2 Å². The Bertz CT molecular complexity index is 548. The zero-order chi connectivity index (χ0) is 14.5. The number of carbonyl (C=O) groups excluding carboxylic acids is 1. The van der Waals surface area contributed by atoms with Crippen molar-refractivity contribution in [3.63, 3.8) is 0 Å². The standard InChI is InChI=1S/C17H22O2S/c1-16(2)9-13(17(3,4)19-16)15(18)12-10-20-14-8-6-5-7-11(12)14/h5-8,12-13H,9-10H2,1-4H3. The van der Waals surface area contributed by atoms with Crippen LogP contribution in [0.25, 0.3) is 0 Å². The van der Waals surface area contributed by atoms with Crippen molar-refractivity contribution in [2.24, 2.45) is 5.92 Å². The number of Topliss-reactive ketones (excluding diaryl/α,β-unsaturated/α-hetero) is 1. The van der Waals surface area contributed by atoms with Gasteiger partial charge >= 0.3 is 0 Å². The number of fused-ring (bicyclic) bond motifs is 1. The second-order valence-corrected chi connectivity index (χ2v) is 8.09. The molecule has 0 N–H and O–H groups in total. The number of carbonyl (C=O) groups is 1. The SMILES string of the molecule is CC1(C)CC(C(=O)C2CSc3ccccc32)C(C)(C)O1. The second-order valence-electron chi connectivity index (χ2n) is 7.03. The van der Waals surface area contributed by atoms with Gasteiger partial charge in [-0.25, -0.2) is 0 Å².